The topological polar surface area (TPSA) is 58.6 Å². The molecule has 0 saturated carbocycles. The molecule has 1 saturated heterocycles. The molecule has 1 N–H and O–H groups in total. The molecule has 5 nitrogen and oxygen atoms in total. The Bertz CT molecular complexity index is 828. The minimum Gasteiger partial charge on any atom is -0.483 e. The summed E-state index contributed by atoms with van der Waals surface area (Å²) in [5.74, 6) is 1.09. The Morgan fingerprint density at radius 3 is 2.39 bits per heavy atom. The molecular formula is C22H25BrN2O3. The number of hydrogen-bond acceptors (Lipinski definition) is 3. The molecule has 1 fully saturated rings. The summed E-state index contributed by atoms with van der Waals surface area (Å²) in [6.07, 6.45) is 1.14. The van der Waals surface area contributed by atoms with Gasteiger partial charge in [-0.3, -0.25) is 9.59 Å². The summed E-state index contributed by atoms with van der Waals surface area (Å²) in [4.78, 5) is 27.1. The van der Waals surface area contributed by atoms with E-state index in [-0.39, 0.29) is 18.4 Å². The van der Waals surface area contributed by atoms with Crippen molar-refractivity contribution < 1.29 is 14.3 Å². The third-order valence-corrected chi connectivity index (χ3v) is 5.29. The third kappa shape index (κ3) is 5.35. The maximum absolute atomic E-state index is 13.0. The Kier molecular flexibility index (Phi) is 6.73. The van der Waals surface area contributed by atoms with E-state index in [2.05, 4.69) is 35.1 Å². The van der Waals surface area contributed by atoms with E-state index in [1.807, 2.05) is 23.1 Å². The van der Waals surface area contributed by atoms with Crippen LogP contribution < -0.4 is 10.1 Å². The summed E-state index contributed by atoms with van der Waals surface area (Å²) in [6, 6.07) is 14.4. The lowest BCUT2D eigenvalue weighted by Gasteiger charge is -2.35. The van der Waals surface area contributed by atoms with E-state index >= 15 is 0 Å². The van der Waals surface area contributed by atoms with E-state index in [0.717, 1.165) is 24.0 Å². The lowest BCUT2D eigenvalue weighted by atomic mass is 9.91. The van der Waals surface area contributed by atoms with Crippen molar-refractivity contribution in [2.24, 2.45) is 11.8 Å². The maximum Gasteiger partial charge on any atom is 0.262 e. The zero-order chi connectivity index (χ0) is 20.1. The number of hydrogen-bond donors (Lipinski definition) is 1. The summed E-state index contributed by atoms with van der Waals surface area (Å²) in [7, 11) is 0. The fraction of sp³-hybridized carbons (Fsp3) is 0.364. The molecule has 2 atom stereocenters. The van der Waals surface area contributed by atoms with Crippen molar-refractivity contribution in [2.45, 2.75) is 20.3 Å². The van der Waals surface area contributed by atoms with Crippen molar-refractivity contribution in [3.05, 3.63) is 58.6 Å². The summed E-state index contributed by atoms with van der Waals surface area (Å²) >= 11 is 3.36. The molecule has 0 radical (unpaired) electrons. The highest BCUT2D eigenvalue weighted by Gasteiger charge is 2.27. The molecule has 0 aromatic heterocycles. The van der Waals surface area contributed by atoms with Gasteiger partial charge < -0.3 is 15.0 Å². The summed E-state index contributed by atoms with van der Waals surface area (Å²) in [5, 5.41) is 2.78. The first-order chi connectivity index (χ1) is 13.4. The van der Waals surface area contributed by atoms with E-state index in [9.17, 15) is 9.59 Å². The van der Waals surface area contributed by atoms with Gasteiger partial charge in [0.05, 0.1) is 5.56 Å². The minimum atomic E-state index is -0.273. The van der Waals surface area contributed by atoms with E-state index in [4.69, 9.17) is 4.74 Å². The van der Waals surface area contributed by atoms with Crippen LogP contribution in [0.4, 0.5) is 5.69 Å². The third-order valence-electron chi connectivity index (χ3n) is 4.76. The number of anilines is 1. The normalized spacial score (nSPS) is 19.2. The summed E-state index contributed by atoms with van der Waals surface area (Å²) in [5.41, 5.74) is 1.19. The maximum atomic E-state index is 13.0. The highest BCUT2D eigenvalue weighted by molar-refractivity contribution is 9.10. The number of carbonyl (C=O) groups excluding carboxylic acids is 2. The number of nitrogens with one attached hydrogen (secondary N) is 1. The van der Waals surface area contributed by atoms with Gasteiger partial charge in [-0.1, -0.05) is 41.9 Å². The van der Waals surface area contributed by atoms with Crippen LogP contribution in [0.15, 0.2) is 53.0 Å². The second kappa shape index (κ2) is 9.24. The number of ether oxygens (including phenoxy) is 1. The quantitative estimate of drug-likeness (QED) is 0.733. The van der Waals surface area contributed by atoms with Gasteiger partial charge in [0.25, 0.3) is 11.8 Å². The smallest absolute Gasteiger partial charge is 0.262 e. The van der Waals surface area contributed by atoms with Crippen molar-refractivity contribution in [3.63, 3.8) is 0 Å². The van der Waals surface area contributed by atoms with Crippen molar-refractivity contribution >= 4 is 33.4 Å². The lowest BCUT2D eigenvalue weighted by molar-refractivity contribution is -0.118. The molecule has 6 heteroatoms. The van der Waals surface area contributed by atoms with Gasteiger partial charge in [0.2, 0.25) is 0 Å². The molecule has 0 bridgehead atoms. The van der Waals surface area contributed by atoms with E-state index in [1.165, 1.54) is 0 Å². The van der Waals surface area contributed by atoms with Gasteiger partial charge in [-0.15, -0.1) is 0 Å². The van der Waals surface area contributed by atoms with Gasteiger partial charge in [0.15, 0.2) is 6.61 Å². The van der Waals surface area contributed by atoms with Crippen LogP contribution in [0.3, 0.4) is 0 Å². The van der Waals surface area contributed by atoms with Crippen molar-refractivity contribution in [1.29, 1.82) is 0 Å². The number of piperidine rings is 1. The predicted molar refractivity (Wildman–Crippen MR) is 114 cm³/mol. The molecule has 28 heavy (non-hydrogen) atoms. The fourth-order valence-electron chi connectivity index (χ4n) is 3.64. The molecule has 148 valence electrons. The molecule has 2 unspecified atom stereocenters. The summed E-state index contributed by atoms with van der Waals surface area (Å²) < 4.78 is 6.63. The Balaban J connectivity index is 1.64. The molecule has 2 aromatic rings. The molecule has 1 aliphatic rings. The zero-order valence-corrected chi connectivity index (χ0v) is 17.7. The number of nitrogens with zero attached hydrogens (tertiary/aromatic N) is 1. The fourth-order valence-corrected chi connectivity index (χ4v) is 3.91. The van der Waals surface area contributed by atoms with Crippen LogP contribution in [0.1, 0.15) is 30.6 Å². The Hall–Kier alpha value is -2.34. The van der Waals surface area contributed by atoms with Crippen LogP contribution >= 0.6 is 15.9 Å². The van der Waals surface area contributed by atoms with E-state index in [1.54, 1.807) is 30.3 Å². The Labute approximate surface area is 174 Å². The van der Waals surface area contributed by atoms with Crippen LogP contribution in [0.25, 0.3) is 0 Å². The summed E-state index contributed by atoms with van der Waals surface area (Å²) in [6.45, 7) is 5.69. The predicted octanol–water partition coefficient (Wildman–Crippen LogP) is 4.58. The van der Waals surface area contributed by atoms with Crippen LogP contribution in [-0.4, -0.2) is 36.4 Å². The number of likely N-dealkylation sites (tertiary alicyclic amines) is 1. The van der Waals surface area contributed by atoms with Gasteiger partial charge in [0, 0.05) is 23.2 Å². The van der Waals surface area contributed by atoms with E-state index < -0.39 is 0 Å². The minimum absolute atomic E-state index is 0.0395. The van der Waals surface area contributed by atoms with Crippen molar-refractivity contribution in [3.8, 4) is 5.75 Å². The zero-order valence-electron chi connectivity index (χ0n) is 16.2. The number of carbonyl (C=O) groups is 2. The van der Waals surface area contributed by atoms with Crippen molar-refractivity contribution in [2.75, 3.05) is 25.0 Å². The first kappa shape index (κ1) is 20.4. The van der Waals surface area contributed by atoms with Crippen LogP contribution in [0, 0.1) is 11.8 Å². The van der Waals surface area contributed by atoms with Crippen molar-refractivity contribution in [1.82, 2.24) is 4.90 Å². The van der Waals surface area contributed by atoms with Gasteiger partial charge in [0.1, 0.15) is 5.75 Å². The average Bonchev–Trinajstić information content (AvgIpc) is 2.67. The number of halogens is 1. The molecule has 1 heterocycles. The molecule has 1 aliphatic heterocycles. The molecule has 2 aromatic carbocycles. The SMILES string of the molecule is CC1CC(C)CN(C(=O)c2ccccc2OCC(=O)Nc2ccc(Br)cc2)C1. The first-order valence-corrected chi connectivity index (χ1v) is 10.3. The first-order valence-electron chi connectivity index (χ1n) is 9.49. The lowest BCUT2D eigenvalue weighted by Crippen LogP contribution is -2.42. The molecule has 0 spiro atoms. The molecule has 0 aliphatic carbocycles. The van der Waals surface area contributed by atoms with Gasteiger partial charge in [-0.25, -0.2) is 0 Å². The highest BCUT2D eigenvalue weighted by atomic mass is 79.9. The number of para-hydroxylation sites is 1. The molecular weight excluding hydrogens is 420 g/mol. The molecule has 2 amide bonds. The molecule has 3 rings (SSSR count). The van der Waals surface area contributed by atoms with Crippen LogP contribution in [0.2, 0.25) is 0 Å². The van der Waals surface area contributed by atoms with Gasteiger partial charge >= 0.3 is 0 Å². The van der Waals surface area contributed by atoms with Crippen LogP contribution in [0.5, 0.6) is 5.75 Å². The van der Waals surface area contributed by atoms with Gasteiger partial charge in [-0.05, 0) is 54.7 Å². The monoisotopic (exact) mass is 444 g/mol. The van der Waals surface area contributed by atoms with Gasteiger partial charge in [-0.2, -0.15) is 0 Å². The van der Waals surface area contributed by atoms with E-state index in [0.29, 0.717) is 28.8 Å². The second-order valence-corrected chi connectivity index (χ2v) is 8.41. The number of amides is 2. The largest absolute Gasteiger partial charge is 0.483 e. The second-order valence-electron chi connectivity index (χ2n) is 7.50. The highest BCUT2D eigenvalue weighted by Crippen LogP contribution is 2.26. The number of benzene rings is 2. The Morgan fingerprint density at radius 2 is 1.71 bits per heavy atom. The standard InChI is InChI=1S/C22H25BrN2O3/c1-15-11-16(2)13-25(12-15)22(27)19-5-3-4-6-20(19)28-14-21(26)24-18-9-7-17(23)8-10-18/h3-10,15-16H,11-14H2,1-2H3,(H,24,26). The average molecular weight is 445 g/mol. The number of rotatable bonds is 5. The Morgan fingerprint density at radius 1 is 1.07 bits per heavy atom. The van der Waals surface area contributed by atoms with Crippen LogP contribution in [-0.2, 0) is 4.79 Å².